The molecule has 1 aliphatic rings. The van der Waals surface area contributed by atoms with Crippen LogP contribution in [0.25, 0.3) is 0 Å². The molecule has 1 atom stereocenters. The Morgan fingerprint density at radius 3 is 2.71 bits per heavy atom. The van der Waals surface area contributed by atoms with Gasteiger partial charge in [0.25, 0.3) is 5.91 Å². The second-order valence-corrected chi connectivity index (χ2v) is 7.18. The van der Waals surface area contributed by atoms with E-state index in [-0.39, 0.29) is 17.6 Å². The molecule has 7 nitrogen and oxygen atoms in total. The van der Waals surface area contributed by atoms with Gasteiger partial charge in [-0.05, 0) is 31.0 Å². The van der Waals surface area contributed by atoms with Crippen molar-refractivity contribution in [3.63, 3.8) is 0 Å². The fourth-order valence-electron chi connectivity index (χ4n) is 3.10. The number of amides is 1. The second kappa shape index (κ2) is 9.27. The van der Waals surface area contributed by atoms with E-state index in [9.17, 15) is 14.3 Å². The Morgan fingerprint density at radius 2 is 2.04 bits per heavy atom. The number of halogens is 1. The lowest BCUT2D eigenvalue weighted by atomic mass is 10.2. The average Bonchev–Trinajstić information content (AvgIpc) is 3.15. The van der Waals surface area contributed by atoms with E-state index in [0.717, 1.165) is 32.6 Å². The number of nitrogens with zero attached hydrogens (tertiary/aromatic N) is 3. The van der Waals surface area contributed by atoms with Gasteiger partial charge in [-0.3, -0.25) is 14.6 Å². The zero-order valence-electron chi connectivity index (χ0n) is 16.3. The Hall–Kier alpha value is -2.29. The predicted molar refractivity (Wildman–Crippen MR) is 104 cm³/mol. The Morgan fingerprint density at radius 1 is 1.32 bits per heavy atom. The third-order valence-corrected chi connectivity index (χ3v) is 4.98. The number of aliphatic hydroxyl groups is 1. The molecule has 0 saturated carbocycles. The molecule has 0 unspecified atom stereocenters. The highest BCUT2D eigenvalue weighted by atomic mass is 19.1. The van der Waals surface area contributed by atoms with Crippen molar-refractivity contribution in [2.24, 2.45) is 0 Å². The molecule has 1 aliphatic heterocycles. The van der Waals surface area contributed by atoms with E-state index in [2.05, 4.69) is 20.1 Å². The third kappa shape index (κ3) is 5.37. The Kier molecular flexibility index (Phi) is 6.77. The standard InChI is InChI=1S/C20H27FN4O3/c1-3-16(26)11-24-6-8-25(9-7-24)12-19-23-18(13-28-19)20(27)22-15-5-4-14(2)17(21)10-15/h4-5,10,13,16,26H,3,6-9,11-12H2,1-2H3,(H,22,27)/t16-/m0/s1. The fourth-order valence-corrected chi connectivity index (χ4v) is 3.10. The lowest BCUT2D eigenvalue weighted by Crippen LogP contribution is -2.48. The SMILES string of the molecule is CC[C@H](O)CN1CCN(Cc2nc(C(=O)Nc3ccc(C)c(F)c3)co2)CC1. The predicted octanol–water partition coefficient (Wildman–Crippen LogP) is 2.26. The van der Waals surface area contributed by atoms with Gasteiger partial charge in [0.2, 0.25) is 5.89 Å². The number of aliphatic hydroxyl groups excluding tert-OH is 1. The number of hydrogen-bond donors (Lipinski definition) is 2. The maximum Gasteiger partial charge on any atom is 0.277 e. The molecule has 28 heavy (non-hydrogen) atoms. The Bertz CT molecular complexity index is 802. The minimum atomic E-state index is -0.434. The molecular formula is C20H27FN4O3. The number of carbonyl (C=O) groups is 1. The van der Waals surface area contributed by atoms with E-state index in [4.69, 9.17) is 4.42 Å². The highest BCUT2D eigenvalue weighted by molar-refractivity contribution is 6.02. The molecule has 0 bridgehead atoms. The topological polar surface area (TPSA) is 81.8 Å². The summed E-state index contributed by atoms with van der Waals surface area (Å²) in [6, 6.07) is 4.54. The van der Waals surface area contributed by atoms with E-state index in [1.54, 1.807) is 19.1 Å². The highest BCUT2D eigenvalue weighted by Gasteiger charge is 2.21. The third-order valence-electron chi connectivity index (χ3n) is 4.98. The normalized spacial score (nSPS) is 16.9. The van der Waals surface area contributed by atoms with Crippen LogP contribution in [0.5, 0.6) is 0 Å². The first-order valence-electron chi connectivity index (χ1n) is 9.59. The minimum absolute atomic E-state index is 0.167. The molecule has 1 aromatic carbocycles. The summed E-state index contributed by atoms with van der Waals surface area (Å²) in [6.07, 6.45) is 1.81. The number of rotatable bonds is 7. The van der Waals surface area contributed by atoms with Gasteiger partial charge in [-0.25, -0.2) is 9.37 Å². The summed E-state index contributed by atoms with van der Waals surface area (Å²) in [6.45, 7) is 8.33. The van der Waals surface area contributed by atoms with Crippen LogP contribution in [0.3, 0.4) is 0 Å². The van der Waals surface area contributed by atoms with E-state index >= 15 is 0 Å². The molecule has 1 aromatic heterocycles. The number of carbonyl (C=O) groups excluding carboxylic acids is 1. The first kappa shape index (κ1) is 20.4. The Balaban J connectivity index is 1.50. The summed E-state index contributed by atoms with van der Waals surface area (Å²) >= 11 is 0. The van der Waals surface area contributed by atoms with Crippen molar-refractivity contribution < 1.29 is 18.7 Å². The number of oxazole rings is 1. The summed E-state index contributed by atoms with van der Waals surface area (Å²) in [4.78, 5) is 21.0. The van der Waals surface area contributed by atoms with Crippen LogP contribution in [-0.2, 0) is 6.54 Å². The van der Waals surface area contributed by atoms with E-state index < -0.39 is 5.91 Å². The molecule has 2 N–H and O–H groups in total. The number of benzene rings is 1. The van der Waals surface area contributed by atoms with Gasteiger partial charge in [-0.2, -0.15) is 0 Å². The van der Waals surface area contributed by atoms with Gasteiger partial charge in [0.05, 0.1) is 12.6 Å². The number of nitrogens with one attached hydrogen (secondary N) is 1. The monoisotopic (exact) mass is 390 g/mol. The van der Waals surface area contributed by atoms with Crippen LogP contribution >= 0.6 is 0 Å². The van der Waals surface area contributed by atoms with Gasteiger partial charge in [0, 0.05) is 38.4 Å². The second-order valence-electron chi connectivity index (χ2n) is 7.18. The van der Waals surface area contributed by atoms with Crippen molar-refractivity contribution >= 4 is 11.6 Å². The number of aromatic nitrogens is 1. The molecule has 152 valence electrons. The van der Waals surface area contributed by atoms with Crippen LogP contribution in [0.2, 0.25) is 0 Å². The highest BCUT2D eigenvalue weighted by Crippen LogP contribution is 2.15. The fraction of sp³-hybridized carbons (Fsp3) is 0.500. The van der Waals surface area contributed by atoms with Crippen molar-refractivity contribution in [2.45, 2.75) is 32.9 Å². The zero-order valence-corrected chi connectivity index (χ0v) is 16.3. The van der Waals surface area contributed by atoms with Crippen molar-refractivity contribution in [1.29, 1.82) is 0 Å². The minimum Gasteiger partial charge on any atom is -0.447 e. The van der Waals surface area contributed by atoms with Gasteiger partial charge < -0.3 is 14.8 Å². The molecule has 2 aromatic rings. The van der Waals surface area contributed by atoms with Crippen molar-refractivity contribution in [3.8, 4) is 0 Å². The lowest BCUT2D eigenvalue weighted by Gasteiger charge is -2.34. The van der Waals surface area contributed by atoms with E-state index in [1.165, 1.54) is 12.3 Å². The molecule has 8 heteroatoms. The maximum atomic E-state index is 13.6. The van der Waals surface area contributed by atoms with Crippen LogP contribution in [0.4, 0.5) is 10.1 Å². The quantitative estimate of drug-likeness (QED) is 0.755. The van der Waals surface area contributed by atoms with E-state index in [1.807, 2.05) is 6.92 Å². The molecule has 1 fully saturated rings. The molecule has 1 saturated heterocycles. The van der Waals surface area contributed by atoms with Crippen molar-refractivity contribution in [2.75, 3.05) is 38.0 Å². The summed E-state index contributed by atoms with van der Waals surface area (Å²) in [5.41, 5.74) is 1.06. The number of hydrogen-bond acceptors (Lipinski definition) is 6. The lowest BCUT2D eigenvalue weighted by molar-refractivity contribution is 0.0658. The largest absolute Gasteiger partial charge is 0.447 e. The molecule has 2 heterocycles. The maximum absolute atomic E-state index is 13.6. The number of β-amino-alcohol motifs (C(OH)–C–C–N with tert-alkyl or cyclic N) is 1. The zero-order chi connectivity index (χ0) is 20.1. The van der Waals surface area contributed by atoms with Gasteiger partial charge in [0.15, 0.2) is 5.69 Å². The first-order valence-corrected chi connectivity index (χ1v) is 9.59. The van der Waals surface area contributed by atoms with Crippen LogP contribution in [0, 0.1) is 12.7 Å². The van der Waals surface area contributed by atoms with Gasteiger partial charge in [0.1, 0.15) is 12.1 Å². The molecule has 0 spiro atoms. The average molecular weight is 390 g/mol. The van der Waals surface area contributed by atoms with Crippen molar-refractivity contribution in [1.82, 2.24) is 14.8 Å². The number of anilines is 1. The Labute approximate surface area is 164 Å². The van der Waals surface area contributed by atoms with Gasteiger partial charge in [-0.1, -0.05) is 13.0 Å². The van der Waals surface area contributed by atoms with Gasteiger partial charge >= 0.3 is 0 Å². The van der Waals surface area contributed by atoms with Crippen LogP contribution in [0.1, 0.15) is 35.3 Å². The van der Waals surface area contributed by atoms with Crippen LogP contribution < -0.4 is 5.32 Å². The first-order chi connectivity index (χ1) is 13.4. The van der Waals surface area contributed by atoms with Crippen molar-refractivity contribution in [3.05, 3.63) is 47.4 Å². The summed E-state index contributed by atoms with van der Waals surface area (Å²) in [5.74, 6) is -0.330. The summed E-state index contributed by atoms with van der Waals surface area (Å²) in [5, 5.41) is 12.4. The molecule has 0 aliphatic carbocycles. The smallest absolute Gasteiger partial charge is 0.277 e. The van der Waals surface area contributed by atoms with Gasteiger partial charge in [-0.15, -0.1) is 0 Å². The summed E-state index contributed by atoms with van der Waals surface area (Å²) in [7, 11) is 0. The van der Waals surface area contributed by atoms with Crippen LogP contribution in [0.15, 0.2) is 28.9 Å². The molecule has 0 radical (unpaired) electrons. The van der Waals surface area contributed by atoms with Crippen LogP contribution in [-0.4, -0.2) is 64.6 Å². The summed E-state index contributed by atoms with van der Waals surface area (Å²) < 4.78 is 19.0. The molecule has 3 rings (SSSR count). The van der Waals surface area contributed by atoms with E-state index in [0.29, 0.717) is 30.2 Å². The number of piperazine rings is 1. The number of aryl methyl sites for hydroxylation is 1. The molecule has 1 amide bonds. The molecular weight excluding hydrogens is 363 g/mol.